The van der Waals surface area contributed by atoms with Gasteiger partial charge >= 0.3 is 0 Å². The summed E-state index contributed by atoms with van der Waals surface area (Å²) in [5.41, 5.74) is 7.86. The second-order valence-corrected chi connectivity index (χ2v) is 4.70. The minimum Gasteiger partial charge on any atom is -0.505 e. The summed E-state index contributed by atoms with van der Waals surface area (Å²) in [6.07, 6.45) is 4.89. The number of nitrogens with one attached hydrogen (secondary N) is 1. The van der Waals surface area contributed by atoms with Gasteiger partial charge in [0, 0.05) is 23.8 Å². The van der Waals surface area contributed by atoms with Crippen LogP contribution in [0, 0.1) is 5.82 Å². The van der Waals surface area contributed by atoms with E-state index in [1.165, 1.54) is 18.5 Å². The molecule has 0 fully saturated rings. The number of aromatic nitrogens is 4. The van der Waals surface area contributed by atoms with Gasteiger partial charge in [-0.3, -0.25) is 0 Å². The molecule has 1 aromatic carbocycles. The Kier molecular flexibility index (Phi) is 2.20. The number of benzene rings is 1. The van der Waals surface area contributed by atoms with Crippen molar-refractivity contribution in [2.75, 3.05) is 5.73 Å². The highest BCUT2D eigenvalue weighted by atomic mass is 19.1. The van der Waals surface area contributed by atoms with E-state index in [1.54, 1.807) is 23.0 Å². The van der Waals surface area contributed by atoms with E-state index in [1.807, 2.05) is 0 Å². The van der Waals surface area contributed by atoms with Crippen molar-refractivity contribution in [1.29, 1.82) is 0 Å². The summed E-state index contributed by atoms with van der Waals surface area (Å²) < 4.78 is 15.4. The van der Waals surface area contributed by atoms with Crippen LogP contribution in [0.3, 0.4) is 0 Å². The fourth-order valence-corrected chi connectivity index (χ4v) is 2.51. The first-order chi connectivity index (χ1) is 10.1. The van der Waals surface area contributed by atoms with Gasteiger partial charge in [-0.05, 0) is 12.1 Å². The van der Waals surface area contributed by atoms with Gasteiger partial charge in [0.25, 0.3) is 0 Å². The molecule has 3 aromatic heterocycles. The number of aromatic hydroxyl groups is 1. The number of halogens is 1. The van der Waals surface area contributed by atoms with Crippen molar-refractivity contribution in [2.24, 2.45) is 0 Å². The van der Waals surface area contributed by atoms with Gasteiger partial charge in [-0.1, -0.05) is 0 Å². The number of nitrogen functional groups attached to an aromatic ring is 1. The van der Waals surface area contributed by atoms with Gasteiger partial charge in [0.1, 0.15) is 17.8 Å². The number of hydrogen-bond acceptors (Lipinski definition) is 4. The first-order valence-electron chi connectivity index (χ1n) is 6.22. The fraction of sp³-hybridized carbons (Fsp3) is 0. The molecule has 21 heavy (non-hydrogen) atoms. The van der Waals surface area contributed by atoms with Crippen LogP contribution >= 0.6 is 0 Å². The van der Waals surface area contributed by atoms with Gasteiger partial charge < -0.3 is 20.4 Å². The molecular weight excluding hydrogens is 273 g/mol. The lowest BCUT2D eigenvalue weighted by Gasteiger charge is -2.05. The highest BCUT2D eigenvalue weighted by Gasteiger charge is 2.14. The lowest BCUT2D eigenvalue weighted by Crippen LogP contribution is -1.96. The van der Waals surface area contributed by atoms with Crippen LogP contribution in [0.15, 0.2) is 36.9 Å². The molecule has 4 rings (SSSR count). The molecule has 4 aromatic rings. The molecule has 0 aliphatic rings. The molecule has 4 N–H and O–H groups in total. The Bertz CT molecular complexity index is 988. The predicted octanol–water partition coefficient (Wildman–Crippen LogP) is 2.33. The maximum absolute atomic E-state index is 13.6. The summed E-state index contributed by atoms with van der Waals surface area (Å²) in [5, 5.41) is 10.8. The van der Waals surface area contributed by atoms with Crippen LogP contribution in [0.25, 0.3) is 27.6 Å². The molecule has 0 amide bonds. The first kappa shape index (κ1) is 11.7. The third kappa shape index (κ3) is 1.57. The Labute approximate surface area is 117 Å². The van der Waals surface area contributed by atoms with Crippen molar-refractivity contribution < 1.29 is 9.50 Å². The Balaban J connectivity index is 2.07. The molecule has 0 radical (unpaired) electrons. The molecule has 6 nitrogen and oxygen atoms in total. The van der Waals surface area contributed by atoms with Gasteiger partial charge in [-0.2, -0.15) is 0 Å². The van der Waals surface area contributed by atoms with E-state index in [2.05, 4.69) is 15.0 Å². The minimum absolute atomic E-state index is 0.345. The number of H-pyrrole nitrogens is 1. The van der Waals surface area contributed by atoms with Crippen LogP contribution in [0.1, 0.15) is 0 Å². The monoisotopic (exact) mass is 283 g/mol. The van der Waals surface area contributed by atoms with Gasteiger partial charge in [-0.25, -0.2) is 14.4 Å². The molecule has 0 saturated heterocycles. The second-order valence-electron chi connectivity index (χ2n) is 4.70. The zero-order valence-electron chi connectivity index (χ0n) is 10.7. The number of nitrogens with zero attached hydrogens (tertiary/aromatic N) is 3. The van der Waals surface area contributed by atoms with Crippen LogP contribution < -0.4 is 5.73 Å². The predicted molar refractivity (Wildman–Crippen MR) is 76.8 cm³/mol. The summed E-state index contributed by atoms with van der Waals surface area (Å²) in [7, 11) is 0. The smallest absolute Gasteiger partial charge is 0.166 e. The largest absolute Gasteiger partial charge is 0.505 e. The van der Waals surface area contributed by atoms with Gasteiger partial charge in [0.2, 0.25) is 0 Å². The number of hydrogen-bond donors (Lipinski definition) is 3. The highest BCUT2D eigenvalue weighted by Crippen LogP contribution is 2.30. The molecular formula is C14H10FN5O. The Hall–Kier alpha value is -3.09. The van der Waals surface area contributed by atoms with Crippen molar-refractivity contribution in [3.63, 3.8) is 0 Å². The van der Waals surface area contributed by atoms with Gasteiger partial charge in [0.15, 0.2) is 11.6 Å². The van der Waals surface area contributed by atoms with Crippen LogP contribution in [-0.2, 0) is 0 Å². The zero-order valence-corrected chi connectivity index (χ0v) is 10.7. The topological polar surface area (TPSA) is 92.8 Å². The Morgan fingerprint density at radius 2 is 2.14 bits per heavy atom. The third-order valence-corrected chi connectivity index (χ3v) is 3.50. The second kappa shape index (κ2) is 3.95. The van der Waals surface area contributed by atoms with Crippen molar-refractivity contribution in [3.05, 3.63) is 42.7 Å². The average Bonchev–Trinajstić information content (AvgIpc) is 3.04. The molecule has 0 spiro atoms. The molecule has 0 saturated carbocycles. The summed E-state index contributed by atoms with van der Waals surface area (Å²) in [6.45, 7) is 0. The number of fused-ring (bicyclic) bond motifs is 2. The molecule has 0 unspecified atom stereocenters. The lowest BCUT2D eigenvalue weighted by molar-refractivity contribution is 0.433. The molecule has 0 bridgehead atoms. The molecule has 104 valence electrons. The summed E-state index contributed by atoms with van der Waals surface area (Å²) in [6, 6.07) is 4.45. The van der Waals surface area contributed by atoms with Crippen LogP contribution in [0.5, 0.6) is 5.75 Å². The normalized spacial score (nSPS) is 11.5. The minimum atomic E-state index is -0.675. The summed E-state index contributed by atoms with van der Waals surface area (Å²) >= 11 is 0. The molecule has 0 atom stereocenters. The Morgan fingerprint density at radius 3 is 3.00 bits per heavy atom. The van der Waals surface area contributed by atoms with Gasteiger partial charge in [-0.15, -0.1) is 0 Å². The quantitative estimate of drug-likeness (QED) is 0.500. The van der Waals surface area contributed by atoms with E-state index in [0.29, 0.717) is 22.4 Å². The number of nitrogens with two attached hydrogens (primary N) is 1. The Morgan fingerprint density at radius 1 is 1.29 bits per heavy atom. The standard InChI is InChI=1S/C14H10FN5O/c15-8-4-9-7(3-11(8)21)1-2-20(9)10-5-17-14-12(10)13(16)18-6-19-14/h1-6,21H,(H3,16,17,18,19). The molecule has 0 aliphatic heterocycles. The van der Waals surface area contributed by atoms with E-state index < -0.39 is 5.82 Å². The van der Waals surface area contributed by atoms with E-state index in [9.17, 15) is 9.50 Å². The maximum Gasteiger partial charge on any atom is 0.166 e. The number of aromatic amines is 1. The molecule has 7 heteroatoms. The van der Waals surface area contributed by atoms with Crippen molar-refractivity contribution >= 4 is 27.8 Å². The van der Waals surface area contributed by atoms with Crippen LogP contribution in [0.4, 0.5) is 10.2 Å². The maximum atomic E-state index is 13.6. The highest BCUT2D eigenvalue weighted by molar-refractivity contribution is 5.96. The summed E-state index contributed by atoms with van der Waals surface area (Å²) in [5.74, 6) is -0.703. The SMILES string of the molecule is Nc1ncnc2[nH]cc(-n3ccc4cc(O)c(F)cc43)c12. The number of phenolic OH excluding ortho intramolecular Hbond substituents is 1. The molecule has 3 heterocycles. The average molecular weight is 283 g/mol. The van der Waals surface area contributed by atoms with E-state index in [4.69, 9.17) is 5.73 Å². The van der Waals surface area contributed by atoms with Crippen LogP contribution in [-0.4, -0.2) is 24.6 Å². The number of phenols is 1. The third-order valence-electron chi connectivity index (χ3n) is 3.50. The van der Waals surface area contributed by atoms with Crippen molar-refractivity contribution in [1.82, 2.24) is 19.5 Å². The van der Waals surface area contributed by atoms with E-state index >= 15 is 0 Å². The number of rotatable bonds is 1. The van der Waals surface area contributed by atoms with E-state index in [0.717, 1.165) is 11.1 Å². The first-order valence-corrected chi connectivity index (χ1v) is 6.22. The van der Waals surface area contributed by atoms with Crippen molar-refractivity contribution in [3.8, 4) is 11.4 Å². The number of anilines is 1. The fourth-order valence-electron chi connectivity index (χ4n) is 2.51. The van der Waals surface area contributed by atoms with Crippen molar-refractivity contribution in [2.45, 2.75) is 0 Å². The van der Waals surface area contributed by atoms with E-state index in [-0.39, 0.29) is 5.75 Å². The molecule has 0 aliphatic carbocycles. The lowest BCUT2D eigenvalue weighted by atomic mass is 10.2. The van der Waals surface area contributed by atoms with Crippen LogP contribution in [0.2, 0.25) is 0 Å². The zero-order chi connectivity index (χ0) is 14.6. The summed E-state index contributed by atoms with van der Waals surface area (Å²) in [4.78, 5) is 11.1. The van der Waals surface area contributed by atoms with Gasteiger partial charge in [0.05, 0.1) is 16.6 Å².